The van der Waals surface area contributed by atoms with E-state index in [-0.39, 0.29) is 18.3 Å². The van der Waals surface area contributed by atoms with Gasteiger partial charge in [-0.2, -0.15) is 0 Å². The van der Waals surface area contributed by atoms with Gasteiger partial charge < -0.3 is 22.5 Å². The van der Waals surface area contributed by atoms with Crippen molar-refractivity contribution in [3.8, 4) is 0 Å². The van der Waals surface area contributed by atoms with Gasteiger partial charge in [0.15, 0.2) is 0 Å². The predicted octanol–water partition coefficient (Wildman–Crippen LogP) is 13.8. The molecule has 0 saturated heterocycles. The molecule has 0 aliphatic rings. The minimum absolute atomic E-state index is 0. The fourth-order valence-electron chi connectivity index (χ4n) is 8.84. The second-order valence-corrected chi connectivity index (χ2v) is 19.0. The first-order valence-electron chi connectivity index (χ1n) is 28.3. The number of halogens is 1. The lowest BCUT2D eigenvalue weighted by Gasteiger charge is -2.08. The molecular formula is C57H112ClN5O. The van der Waals surface area contributed by atoms with Gasteiger partial charge in [-0.05, 0) is 45.4 Å². The Balaban J connectivity index is 0. The molecule has 7 heteroatoms. The summed E-state index contributed by atoms with van der Waals surface area (Å²) < 4.78 is 4.64. The van der Waals surface area contributed by atoms with Gasteiger partial charge in [0.25, 0.3) is 11.6 Å². The zero-order valence-corrected chi connectivity index (χ0v) is 44.8. The van der Waals surface area contributed by atoms with Crippen molar-refractivity contribution in [1.82, 2.24) is 9.97 Å². The summed E-state index contributed by atoms with van der Waals surface area (Å²) in [4.78, 5) is 10.4. The lowest BCUT2D eigenvalue weighted by molar-refractivity contribution is -0.699. The van der Waals surface area contributed by atoms with Gasteiger partial charge in [-0.15, -0.1) is 0 Å². The maximum absolute atomic E-state index is 10.9. The van der Waals surface area contributed by atoms with E-state index in [9.17, 15) is 5.11 Å². The van der Waals surface area contributed by atoms with Gasteiger partial charge in [0.1, 0.15) is 24.8 Å². The third kappa shape index (κ3) is 44.0. The van der Waals surface area contributed by atoms with Gasteiger partial charge in [-0.25, -0.2) is 19.1 Å². The van der Waals surface area contributed by atoms with Crippen LogP contribution in [-0.2, 0) is 25.9 Å². The van der Waals surface area contributed by atoms with Crippen molar-refractivity contribution in [3.63, 3.8) is 0 Å². The van der Waals surface area contributed by atoms with E-state index in [1.807, 2.05) is 0 Å². The maximum atomic E-state index is 10.9. The summed E-state index contributed by atoms with van der Waals surface area (Å²) in [7, 11) is 1.59. The number of imidazole rings is 2. The molecule has 0 atom stereocenters. The van der Waals surface area contributed by atoms with Crippen molar-refractivity contribution in [3.05, 3.63) is 36.4 Å². The smallest absolute Gasteiger partial charge is 0.254 e. The van der Waals surface area contributed by atoms with Crippen LogP contribution in [0, 0.1) is 0 Å². The molecule has 0 amide bonds. The summed E-state index contributed by atoms with van der Waals surface area (Å²) in [5.74, 6) is 2.85. The fourth-order valence-corrected chi connectivity index (χ4v) is 8.84. The topological polar surface area (TPSA) is 74.8 Å². The lowest BCUT2D eigenvalue weighted by Crippen LogP contribution is -3.00. The third-order valence-corrected chi connectivity index (χ3v) is 13.2. The number of aliphatic imine (C=N–C) groups is 1. The Kier molecular flexibility index (Phi) is 54.0. The normalized spacial score (nSPS) is 11.2. The van der Waals surface area contributed by atoms with Gasteiger partial charge in [0.2, 0.25) is 0 Å². The Morgan fingerprint density at radius 3 is 0.859 bits per heavy atom. The van der Waals surface area contributed by atoms with Crippen LogP contribution in [0.25, 0.3) is 0 Å². The van der Waals surface area contributed by atoms with E-state index in [0.717, 1.165) is 19.5 Å². The van der Waals surface area contributed by atoms with E-state index in [2.05, 4.69) is 83.5 Å². The number of aryl methyl sites for hydroxylation is 4. The highest BCUT2D eigenvalue weighted by atomic mass is 35.5. The Morgan fingerprint density at radius 1 is 0.391 bits per heavy atom. The molecule has 2 aromatic heterocycles. The number of aromatic nitrogens is 4. The van der Waals surface area contributed by atoms with E-state index in [1.165, 1.54) is 268 Å². The quantitative estimate of drug-likeness (QED) is 0.0295. The van der Waals surface area contributed by atoms with Crippen molar-refractivity contribution < 1.29 is 26.6 Å². The molecule has 0 aliphatic carbocycles. The number of nitrogens with one attached hydrogen (secondary N) is 2. The van der Waals surface area contributed by atoms with E-state index in [0.29, 0.717) is 6.42 Å². The summed E-state index contributed by atoms with van der Waals surface area (Å²) in [5.41, 5.74) is 0. The van der Waals surface area contributed by atoms with E-state index >= 15 is 0 Å². The highest BCUT2D eigenvalue weighted by Gasteiger charge is 2.08. The van der Waals surface area contributed by atoms with Crippen LogP contribution in [0.4, 0.5) is 0 Å². The summed E-state index contributed by atoms with van der Waals surface area (Å²) in [6.07, 6.45) is 66.2. The molecule has 2 rings (SSSR count). The number of hydrogen-bond acceptors (Lipinski definition) is 2. The largest absolute Gasteiger partial charge is 1.00 e. The summed E-state index contributed by atoms with van der Waals surface area (Å²) in [5, 5.41) is 10.9. The first-order valence-corrected chi connectivity index (χ1v) is 28.3. The van der Waals surface area contributed by atoms with Gasteiger partial charge >= 0.3 is 0 Å². The van der Waals surface area contributed by atoms with E-state index in [1.54, 1.807) is 7.05 Å². The van der Waals surface area contributed by atoms with Crippen molar-refractivity contribution in [2.45, 2.75) is 317 Å². The third-order valence-electron chi connectivity index (χ3n) is 13.2. The van der Waals surface area contributed by atoms with Gasteiger partial charge in [-0.1, -0.05) is 252 Å². The summed E-state index contributed by atoms with van der Waals surface area (Å²) in [6.45, 7) is 13.4. The molecule has 2 aromatic rings. The Hall–Kier alpha value is -1.82. The fraction of sp³-hybridized carbons (Fsp3) is 0.877. The van der Waals surface area contributed by atoms with Crippen LogP contribution in [-0.4, -0.2) is 22.9 Å². The van der Waals surface area contributed by atoms with Crippen LogP contribution in [0.5, 0.6) is 0 Å². The highest BCUT2D eigenvalue weighted by Crippen LogP contribution is 2.16. The number of nitrogens with zero attached hydrogens (tertiary/aromatic N) is 3. The minimum atomic E-state index is 0. The first-order chi connectivity index (χ1) is 31.1. The van der Waals surface area contributed by atoms with Crippen LogP contribution in [0.3, 0.4) is 0 Å². The van der Waals surface area contributed by atoms with Crippen LogP contribution in [0.1, 0.15) is 303 Å². The number of aromatic amines is 2. The zero-order chi connectivity index (χ0) is 45.9. The average molecular weight is 919 g/mol. The van der Waals surface area contributed by atoms with Crippen molar-refractivity contribution in [2.75, 3.05) is 7.05 Å². The molecule has 0 radical (unpaired) electrons. The molecule has 6 nitrogen and oxygen atoms in total. The van der Waals surface area contributed by atoms with Crippen molar-refractivity contribution >= 4 is 5.90 Å². The van der Waals surface area contributed by atoms with Crippen molar-refractivity contribution in [1.29, 1.82) is 0 Å². The van der Waals surface area contributed by atoms with Crippen LogP contribution in [0.2, 0.25) is 0 Å². The molecule has 0 saturated carbocycles. The van der Waals surface area contributed by atoms with E-state index in [4.69, 9.17) is 0 Å². The Bertz CT molecular complexity index is 1110. The number of unbranched alkanes of at least 4 members (excludes halogenated alkanes) is 36. The molecule has 0 fully saturated rings. The summed E-state index contributed by atoms with van der Waals surface area (Å²) >= 11 is 0. The molecule has 2 heterocycles. The second-order valence-electron chi connectivity index (χ2n) is 19.0. The summed E-state index contributed by atoms with van der Waals surface area (Å²) in [6, 6.07) is 0. The SMILES string of the molecule is CCCCCCCCCCCCCCCC([O-])=NC.CCCCCCCCCCCCCCCc1[nH]cc[n+]1CC.CCCCCCCCCCCCCCCc1[nH]cc[n+]1CC.[Cl-]. The Labute approximate surface area is 406 Å². The molecule has 0 aliphatic heterocycles. The minimum Gasteiger partial charge on any atom is -1.00 e. The van der Waals surface area contributed by atoms with Gasteiger partial charge in [0.05, 0.1) is 13.1 Å². The molecule has 0 bridgehead atoms. The molecular weight excluding hydrogens is 806 g/mol. The number of H-pyrrole nitrogens is 2. The first kappa shape index (κ1) is 64.3. The molecule has 0 aromatic carbocycles. The van der Waals surface area contributed by atoms with Gasteiger partial charge in [0, 0.05) is 19.9 Å². The Morgan fingerprint density at radius 2 is 0.625 bits per heavy atom. The standard InChI is InChI=1S/2C20H38N2.C17H35NO.ClH/c2*1-3-5-6-7-8-9-10-11-12-13-14-15-16-17-20-21-18-19-22(20)4-2;1-3-4-5-6-7-8-9-10-11-12-13-14-15-16-17(19)18-2;/h2*18-19H,3-17H2,1-2H3;3-16H2,1-2H3,(H,18,19);1H. The zero-order valence-electron chi connectivity index (χ0n) is 44.0. The second kappa shape index (κ2) is 53.8. The number of hydrogen-bond donors (Lipinski definition) is 2. The average Bonchev–Trinajstić information content (AvgIpc) is 3.98. The monoisotopic (exact) mass is 918 g/mol. The predicted molar refractivity (Wildman–Crippen MR) is 276 cm³/mol. The van der Waals surface area contributed by atoms with Crippen LogP contribution < -0.4 is 26.6 Å². The van der Waals surface area contributed by atoms with Crippen LogP contribution in [0.15, 0.2) is 29.8 Å². The molecule has 0 unspecified atom stereocenters. The number of rotatable bonds is 44. The van der Waals surface area contributed by atoms with E-state index < -0.39 is 0 Å². The van der Waals surface area contributed by atoms with Crippen LogP contribution >= 0.6 is 0 Å². The molecule has 2 N–H and O–H groups in total. The molecule has 64 heavy (non-hydrogen) atoms. The maximum Gasteiger partial charge on any atom is 0.254 e. The highest BCUT2D eigenvalue weighted by molar-refractivity contribution is 5.70. The molecule has 0 spiro atoms. The van der Waals surface area contributed by atoms with Gasteiger partial charge in [-0.3, -0.25) is 0 Å². The van der Waals surface area contributed by atoms with Crippen molar-refractivity contribution in [2.24, 2.45) is 4.99 Å². The molecule has 378 valence electrons. The lowest BCUT2D eigenvalue weighted by atomic mass is 10.0.